The number of likely N-dealkylation sites (N-methyl/N-ethyl adjacent to an activating group) is 1. The first-order valence-corrected chi connectivity index (χ1v) is 5.90. The minimum absolute atomic E-state index is 0.458. The van der Waals surface area contributed by atoms with E-state index in [4.69, 9.17) is 11.6 Å². The molecular weight excluding hydrogens is 252 g/mol. The van der Waals surface area contributed by atoms with Crippen molar-refractivity contribution in [3.63, 3.8) is 0 Å². The number of rotatable bonds is 3. The lowest BCUT2D eigenvalue weighted by molar-refractivity contribution is -0.107. The smallest absolute Gasteiger partial charge is 0.157 e. The van der Waals surface area contributed by atoms with Gasteiger partial charge in [-0.2, -0.15) is 5.10 Å². The molecule has 2 aromatic rings. The lowest BCUT2D eigenvalue weighted by Gasteiger charge is -1.96. The Morgan fingerprint density at radius 1 is 1.44 bits per heavy atom. The van der Waals surface area contributed by atoms with Crippen LogP contribution in [0.4, 0.5) is 5.82 Å². The summed E-state index contributed by atoms with van der Waals surface area (Å²) in [5.74, 6) is 0.822. The monoisotopic (exact) mass is 268 g/mol. The largest absolute Gasteiger partial charge is 0.371 e. The highest BCUT2D eigenvalue weighted by Gasteiger charge is 2.09. The van der Waals surface area contributed by atoms with Gasteiger partial charge in [0.25, 0.3) is 0 Å². The van der Waals surface area contributed by atoms with Crippen molar-refractivity contribution in [2.24, 2.45) is 7.05 Å². The van der Waals surface area contributed by atoms with Crippen molar-refractivity contribution >= 4 is 34.6 Å². The summed E-state index contributed by atoms with van der Waals surface area (Å²) in [6.45, 7) is 0.458. The summed E-state index contributed by atoms with van der Waals surface area (Å²) in [5.41, 5.74) is 1.04. The van der Waals surface area contributed by atoms with Gasteiger partial charge in [-0.3, -0.25) is 4.68 Å². The Bertz CT molecular complexity index is 524. The molecule has 1 aromatic heterocycles. The van der Waals surface area contributed by atoms with Crippen LogP contribution in [0.25, 0.3) is 10.9 Å². The number of fused-ring (bicyclic) bond motifs is 1. The van der Waals surface area contributed by atoms with Crippen LogP contribution in [-0.2, 0) is 11.8 Å². The molecule has 0 bridgehead atoms. The Morgan fingerprint density at radius 3 is 2.67 bits per heavy atom. The van der Waals surface area contributed by atoms with Gasteiger partial charge in [-0.1, -0.05) is 17.7 Å². The molecule has 0 spiro atoms. The van der Waals surface area contributed by atoms with E-state index in [1.807, 2.05) is 37.0 Å². The van der Waals surface area contributed by atoms with Crippen molar-refractivity contribution in [3.8, 4) is 0 Å². The van der Waals surface area contributed by atoms with Gasteiger partial charge in [0.1, 0.15) is 6.29 Å². The number of nitrogens with zero attached hydrogens (tertiary/aromatic N) is 2. The second kappa shape index (κ2) is 6.98. The number of hydrogen-bond acceptors (Lipinski definition) is 4. The Hall–Kier alpha value is -1.59. The molecule has 0 amide bonds. The molecule has 0 atom stereocenters. The first-order chi connectivity index (χ1) is 8.65. The quantitative estimate of drug-likeness (QED) is 0.832. The Balaban J connectivity index is 0.000000280. The fourth-order valence-corrected chi connectivity index (χ4v) is 1.79. The van der Waals surface area contributed by atoms with Crippen molar-refractivity contribution in [2.45, 2.75) is 0 Å². The number of aldehydes is 1. The third-order valence-corrected chi connectivity index (χ3v) is 2.67. The summed E-state index contributed by atoms with van der Waals surface area (Å²) < 4.78 is 1.81. The highest BCUT2D eigenvalue weighted by atomic mass is 35.5. The molecule has 18 heavy (non-hydrogen) atoms. The van der Waals surface area contributed by atoms with E-state index in [2.05, 4.69) is 15.7 Å². The molecular formula is C12H17ClN4O. The summed E-state index contributed by atoms with van der Waals surface area (Å²) in [4.78, 5) is 9.34. The normalized spacial score (nSPS) is 9.78. The molecule has 1 aromatic carbocycles. The first-order valence-electron chi connectivity index (χ1n) is 5.52. The molecule has 2 rings (SSSR count). The SMILES string of the molecule is CNCC=O.CNc1nn(C)c2cccc(Cl)c12. The molecule has 6 heteroatoms. The molecule has 0 aliphatic heterocycles. The average Bonchev–Trinajstić information content (AvgIpc) is 2.70. The van der Waals surface area contributed by atoms with Crippen molar-refractivity contribution < 1.29 is 4.79 Å². The van der Waals surface area contributed by atoms with Crippen LogP contribution in [0.2, 0.25) is 5.02 Å². The molecule has 0 aliphatic rings. The summed E-state index contributed by atoms with van der Waals surface area (Å²) in [6.07, 6.45) is 0.819. The Kier molecular flexibility index (Phi) is 5.61. The fourth-order valence-electron chi connectivity index (χ4n) is 1.53. The molecule has 5 nitrogen and oxygen atoms in total. The molecule has 98 valence electrons. The molecule has 0 aliphatic carbocycles. The maximum atomic E-state index is 9.34. The van der Waals surface area contributed by atoms with Gasteiger partial charge in [0.05, 0.1) is 22.5 Å². The minimum atomic E-state index is 0.458. The zero-order chi connectivity index (χ0) is 13.5. The summed E-state index contributed by atoms with van der Waals surface area (Å²) >= 11 is 6.06. The van der Waals surface area contributed by atoms with Crippen molar-refractivity contribution in [2.75, 3.05) is 26.0 Å². The number of nitrogens with one attached hydrogen (secondary N) is 2. The van der Waals surface area contributed by atoms with E-state index in [0.29, 0.717) is 6.54 Å². The molecule has 0 radical (unpaired) electrons. The number of carbonyl (C=O) groups excluding carboxylic acids is 1. The van der Waals surface area contributed by atoms with Gasteiger partial charge < -0.3 is 15.4 Å². The van der Waals surface area contributed by atoms with Crippen LogP contribution in [0.3, 0.4) is 0 Å². The van der Waals surface area contributed by atoms with E-state index in [-0.39, 0.29) is 0 Å². The van der Waals surface area contributed by atoms with Crippen LogP contribution in [0, 0.1) is 0 Å². The number of anilines is 1. The van der Waals surface area contributed by atoms with Crippen LogP contribution in [0.15, 0.2) is 18.2 Å². The molecule has 0 unspecified atom stereocenters. The topological polar surface area (TPSA) is 59.0 Å². The number of aryl methyl sites for hydroxylation is 1. The third kappa shape index (κ3) is 3.21. The van der Waals surface area contributed by atoms with Crippen LogP contribution < -0.4 is 10.6 Å². The van der Waals surface area contributed by atoms with Crippen LogP contribution >= 0.6 is 11.6 Å². The molecule has 0 fully saturated rings. The highest BCUT2D eigenvalue weighted by molar-refractivity contribution is 6.36. The van der Waals surface area contributed by atoms with Crippen LogP contribution in [0.1, 0.15) is 0 Å². The van der Waals surface area contributed by atoms with E-state index >= 15 is 0 Å². The van der Waals surface area contributed by atoms with Crippen molar-refractivity contribution in [1.29, 1.82) is 0 Å². The van der Waals surface area contributed by atoms with E-state index in [1.165, 1.54) is 0 Å². The van der Waals surface area contributed by atoms with E-state index in [9.17, 15) is 4.79 Å². The Labute approximate surface area is 111 Å². The standard InChI is InChI=1S/C9H10ClN3.C3H7NO/c1-11-9-8-6(10)4-3-5-7(8)13(2)12-9;1-4-2-3-5/h3-5H,1-2H3,(H,11,12);3-4H,2H2,1H3. The van der Waals surface area contributed by atoms with E-state index in [1.54, 1.807) is 7.05 Å². The summed E-state index contributed by atoms with van der Waals surface area (Å²) in [6, 6.07) is 5.78. The Morgan fingerprint density at radius 2 is 2.17 bits per heavy atom. The highest BCUT2D eigenvalue weighted by Crippen LogP contribution is 2.28. The maximum Gasteiger partial charge on any atom is 0.157 e. The van der Waals surface area contributed by atoms with Crippen LogP contribution in [-0.4, -0.2) is 36.7 Å². The molecule has 1 heterocycles. The lowest BCUT2D eigenvalue weighted by Crippen LogP contribution is -2.07. The van der Waals surface area contributed by atoms with Gasteiger partial charge in [0, 0.05) is 14.1 Å². The van der Waals surface area contributed by atoms with Gasteiger partial charge >= 0.3 is 0 Å². The first kappa shape index (κ1) is 14.5. The van der Waals surface area contributed by atoms with Gasteiger partial charge in [-0.15, -0.1) is 0 Å². The predicted molar refractivity (Wildman–Crippen MR) is 75.3 cm³/mol. The second-order valence-corrected chi connectivity index (χ2v) is 3.99. The maximum absolute atomic E-state index is 9.34. The third-order valence-electron chi connectivity index (χ3n) is 2.35. The van der Waals surface area contributed by atoms with Crippen molar-refractivity contribution in [3.05, 3.63) is 23.2 Å². The van der Waals surface area contributed by atoms with Gasteiger partial charge in [0.15, 0.2) is 5.82 Å². The van der Waals surface area contributed by atoms with E-state index < -0.39 is 0 Å². The molecule has 2 N–H and O–H groups in total. The number of benzene rings is 1. The second-order valence-electron chi connectivity index (χ2n) is 3.58. The summed E-state index contributed by atoms with van der Waals surface area (Å²) in [7, 11) is 5.47. The van der Waals surface area contributed by atoms with Crippen LogP contribution in [0.5, 0.6) is 0 Å². The number of aromatic nitrogens is 2. The zero-order valence-electron chi connectivity index (χ0n) is 10.7. The minimum Gasteiger partial charge on any atom is -0.371 e. The average molecular weight is 269 g/mol. The number of carbonyl (C=O) groups is 1. The predicted octanol–water partition coefficient (Wildman–Crippen LogP) is 1.67. The summed E-state index contributed by atoms with van der Waals surface area (Å²) in [5, 5.41) is 11.7. The van der Waals surface area contributed by atoms with Gasteiger partial charge in [0.2, 0.25) is 0 Å². The van der Waals surface area contributed by atoms with Gasteiger partial charge in [-0.25, -0.2) is 0 Å². The molecule has 0 saturated heterocycles. The lowest BCUT2D eigenvalue weighted by atomic mass is 10.2. The number of hydrogen-bond donors (Lipinski definition) is 2. The van der Waals surface area contributed by atoms with Crippen molar-refractivity contribution in [1.82, 2.24) is 15.1 Å². The van der Waals surface area contributed by atoms with Gasteiger partial charge in [-0.05, 0) is 19.2 Å². The zero-order valence-corrected chi connectivity index (χ0v) is 11.5. The van der Waals surface area contributed by atoms with E-state index in [0.717, 1.165) is 28.0 Å². The number of halogens is 1. The molecule has 0 saturated carbocycles. The fraction of sp³-hybridized carbons (Fsp3) is 0.333.